The number of hydrogen-bond donors (Lipinski definition) is 1. The number of alkyl halides is 3. The molecular weight excluding hydrogens is 447 g/mol. The van der Waals surface area contributed by atoms with Gasteiger partial charge in [0, 0.05) is 13.0 Å². The molecule has 8 heteroatoms. The number of nitrogens with one attached hydrogen (secondary N) is 1. The molecule has 0 aliphatic heterocycles. The van der Waals surface area contributed by atoms with Crippen molar-refractivity contribution in [2.24, 2.45) is 0 Å². The number of ether oxygens (including phenoxy) is 2. The molecule has 3 rings (SSSR count). The number of aryl methyl sites for hydroxylation is 1. The molecule has 0 saturated carbocycles. The molecule has 0 unspecified atom stereocenters. The Morgan fingerprint density at radius 1 is 0.824 bits per heavy atom. The minimum atomic E-state index is -5.17. The van der Waals surface area contributed by atoms with E-state index < -0.39 is 18.1 Å². The fourth-order valence-electron chi connectivity index (χ4n) is 3.42. The molecule has 34 heavy (non-hydrogen) atoms. The number of halogens is 3. The average Bonchev–Trinajstić information content (AvgIpc) is 2.81. The Labute approximate surface area is 195 Å². The standard InChI is InChI=1S/C26H26F3NO4/c27-26(28,29)25(32)34-24(31)12-15-30-14-4-6-19-5-3-9-23(18-19)33-16-13-20-10-11-21-7-1-2-8-22(21)17-20/h1-3,5,7-11,17-18,30H,4,6,12-16H2. The van der Waals surface area contributed by atoms with Crippen molar-refractivity contribution in [2.45, 2.75) is 31.9 Å². The fourth-order valence-corrected chi connectivity index (χ4v) is 3.42. The van der Waals surface area contributed by atoms with Crippen LogP contribution in [-0.4, -0.2) is 37.8 Å². The molecule has 0 saturated heterocycles. The summed E-state index contributed by atoms with van der Waals surface area (Å²) >= 11 is 0. The van der Waals surface area contributed by atoms with E-state index in [0.717, 1.165) is 30.6 Å². The van der Waals surface area contributed by atoms with Crippen LogP contribution < -0.4 is 10.1 Å². The predicted molar refractivity (Wildman–Crippen MR) is 123 cm³/mol. The summed E-state index contributed by atoms with van der Waals surface area (Å²) in [5, 5.41) is 5.38. The molecule has 0 amide bonds. The molecule has 0 fully saturated rings. The molecule has 0 atom stereocenters. The monoisotopic (exact) mass is 473 g/mol. The summed E-state index contributed by atoms with van der Waals surface area (Å²) in [6, 6.07) is 22.5. The van der Waals surface area contributed by atoms with Crippen LogP contribution in [0, 0.1) is 0 Å². The third-order valence-electron chi connectivity index (χ3n) is 5.13. The van der Waals surface area contributed by atoms with E-state index in [0.29, 0.717) is 13.2 Å². The fraction of sp³-hybridized carbons (Fsp3) is 0.308. The first-order chi connectivity index (χ1) is 16.3. The van der Waals surface area contributed by atoms with Gasteiger partial charge in [0.2, 0.25) is 0 Å². The third kappa shape index (κ3) is 8.19. The lowest BCUT2D eigenvalue weighted by atomic mass is 10.1. The number of fused-ring (bicyclic) bond motifs is 1. The average molecular weight is 473 g/mol. The number of carbonyl (C=O) groups is 2. The minimum absolute atomic E-state index is 0.127. The molecule has 0 aliphatic carbocycles. The maximum atomic E-state index is 12.0. The van der Waals surface area contributed by atoms with Gasteiger partial charge in [-0.3, -0.25) is 4.79 Å². The largest absolute Gasteiger partial charge is 0.493 e. The summed E-state index contributed by atoms with van der Waals surface area (Å²) in [5.41, 5.74) is 2.31. The quantitative estimate of drug-likeness (QED) is 0.241. The number of benzene rings is 3. The summed E-state index contributed by atoms with van der Waals surface area (Å²) < 4.78 is 45.7. The van der Waals surface area contributed by atoms with Crippen LogP contribution in [0.1, 0.15) is 24.0 Å². The Hall–Kier alpha value is -3.39. The van der Waals surface area contributed by atoms with E-state index in [1.807, 2.05) is 36.4 Å². The number of esters is 2. The van der Waals surface area contributed by atoms with Crippen LogP contribution in [-0.2, 0) is 27.2 Å². The van der Waals surface area contributed by atoms with Gasteiger partial charge in [-0.25, -0.2) is 4.79 Å². The highest BCUT2D eigenvalue weighted by atomic mass is 19.4. The van der Waals surface area contributed by atoms with Crippen LogP contribution in [0.5, 0.6) is 5.75 Å². The highest BCUT2D eigenvalue weighted by Crippen LogP contribution is 2.18. The number of rotatable bonds is 11. The second-order valence-corrected chi connectivity index (χ2v) is 7.79. The first kappa shape index (κ1) is 25.2. The lowest BCUT2D eigenvalue weighted by Crippen LogP contribution is -2.29. The highest BCUT2D eigenvalue weighted by Gasteiger charge is 2.42. The molecule has 3 aromatic carbocycles. The first-order valence-electron chi connectivity index (χ1n) is 11.0. The molecule has 0 aromatic heterocycles. The first-order valence-corrected chi connectivity index (χ1v) is 11.0. The van der Waals surface area contributed by atoms with Crippen molar-refractivity contribution in [3.8, 4) is 5.75 Å². The summed E-state index contributed by atoms with van der Waals surface area (Å²) in [6.45, 7) is 1.26. The number of carbonyl (C=O) groups excluding carboxylic acids is 2. The Balaban J connectivity index is 1.32. The van der Waals surface area contributed by atoms with Crippen molar-refractivity contribution in [1.82, 2.24) is 5.32 Å². The van der Waals surface area contributed by atoms with E-state index in [1.165, 1.54) is 16.3 Å². The molecule has 0 bridgehead atoms. The van der Waals surface area contributed by atoms with Crippen LogP contribution >= 0.6 is 0 Å². The Bertz CT molecular complexity index is 1110. The van der Waals surface area contributed by atoms with Gasteiger partial charge in [0.15, 0.2) is 0 Å². The molecule has 5 nitrogen and oxygen atoms in total. The van der Waals surface area contributed by atoms with Gasteiger partial charge in [-0.15, -0.1) is 0 Å². The van der Waals surface area contributed by atoms with E-state index in [1.54, 1.807) is 0 Å². The molecule has 0 radical (unpaired) electrons. The van der Waals surface area contributed by atoms with Crippen molar-refractivity contribution < 1.29 is 32.2 Å². The van der Waals surface area contributed by atoms with Gasteiger partial charge in [-0.05, 0) is 53.4 Å². The zero-order chi connectivity index (χ0) is 24.4. The summed E-state index contributed by atoms with van der Waals surface area (Å²) in [6.07, 6.45) is -3.15. The molecule has 0 aliphatic rings. The van der Waals surface area contributed by atoms with Gasteiger partial charge in [-0.1, -0.05) is 54.6 Å². The lowest BCUT2D eigenvalue weighted by molar-refractivity contribution is -0.201. The van der Waals surface area contributed by atoms with Crippen molar-refractivity contribution in [3.63, 3.8) is 0 Å². The van der Waals surface area contributed by atoms with E-state index in [4.69, 9.17) is 4.74 Å². The number of hydrogen-bond acceptors (Lipinski definition) is 5. The van der Waals surface area contributed by atoms with E-state index in [9.17, 15) is 22.8 Å². The maximum absolute atomic E-state index is 12.0. The van der Waals surface area contributed by atoms with Crippen molar-refractivity contribution >= 4 is 22.7 Å². The minimum Gasteiger partial charge on any atom is -0.493 e. The molecular formula is C26H26F3NO4. The summed E-state index contributed by atoms with van der Waals surface area (Å²) in [4.78, 5) is 21.8. The van der Waals surface area contributed by atoms with E-state index in [-0.39, 0.29) is 13.0 Å². The van der Waals surface area contributed by atoms with Crippen molar-refractivity contribution in [1.29, 1.82) is 0 Å². The van der Waals surface area contributed by atoms with Crippen LogP contribution in [0.2, 0.25) is 0 Å². The molecule has 0 spiro atoms. The topological polar surface area (TPSA) is 64.6 Å². The van der Waals surface area contributed by atoms with Gasteiger partial charge >= 0.3 is 18.1 Å². The van der Waals surface area contributed by atoms with Gasteiger partial charge < -0.3 is 14.8 Å². The van der Waals surface area contributed by atoms with Gasteiger partial charge in [0.25, 0.3) is 0 Å². The SMILES string of the molecule is O=C(CCNCCCc1cccc(OCCc2ccc3ccccc3c2)c1)OC(=O)C(F)(F)F. The third-order valence-corrected chi connectivity index (χ3v) is 5.13. The summed E-state index contributed by atoms with van der Waals surface area (Å²) in [5.74, 6) is -2.90. The smallest absolute Gasteiger partial charge is 0.491 e. The van der Waals surface area contributed by atoms with E-state index in [2.05, 4.69) is 40.4 Å². The predicted octanol–water partition coefficient (Wildman–Crippen LogP) is 5.01. The van der Waals surface area contributed by atoms with Crippen LogP contribution in [0.25, 0.3) is 10.8 Å². The lowest BCUT2D eigenvalue weighted by Gasteiger charge is -2.09. The van der Waals surface area contributed by atoms with Crippen LogP contribution in [0.15, 0.2) is 66.7 Å². The molecule has 3 aromatic rings. The van der Waals surface area contributed by atoms with Crippen molar-refractivity contribution in [3.05, 3.63) is 77.9 Å². The van der Waals surface area contributed by atoms with Crippen LogP contribution in [0.4, 0.5) is 13.2 Å². The Kier molecular flexibility index (Phi) is 9.04. The maximum Gasteiger partial charge on any atom is 0.491 e. The molecule has 180 valence electrons. The summed E-state index contributed by atoms with van der Waals surface area (Å²) in [7, 11) is 0. The van der Waals surface area contributed by atoms with Gasteiger partial charge in [0.05, 0.1) is 13.0 Å². The second kappa shape index (κ2) is 12.2. The van der Waals surface area contributed by atoms with Gasteiger partial charge in [0.1, 0.15) is 5.75 Å². The second-order valence-electron chi connectivity index (χ2n) is 7.79. The van der Waals surface area contributed by atoms with Crippen molar-refractivity contribution in [2.75, 3.05) is 19.7 Å². The highest BCUT2D eigenvalue weighted by molar-refractivity contribution is 5.88. The zero-order valence-electron chi connectivity index (χ0n) is 18.6. The molecule has 0 heterocycles. The Morgan fingerprint density at radius 2 is 1.59 bits per heavy atom. The van der Waals surface area contributed by atoms with E-state index >= 15 is 0 Å². The normalized spacial score (nSPS) is 11.4. The van der Waals surface area contributed by atoms with Gasteiger partial charge in [-0.2, -0.15) is 13.2 Å². The molecule has 1 N–H and O–H groups in total. The van der Waals surface area contributed by atoms with Crippen LogP contribution in [0.3, 0.4) is 0 Å². The Morgan fingerprint density at radius 3 is 2.38 bits per heavy atom. The zero-order valence-corrected chi connectivity index (χ0v) is 18.6.